The second kappa shape index (κ2) is 7.46. The molecule has 4 heteroatoms. The molecule has 0 unspecified atom stereocenters. The molecule has 1 fully saturated rings. The summed E-state index contributed by atoms with van der Waals surface area (Å²) in [6.07, 6.45) is 7.57. The number of carbonyl (C=O) groups excluding carboxylic acids is 1. The zero-order valence-electron chi connectivity index (χ0n) is 10.7. The third kappa shape index (κ3) is 3.77. The minimum absolute atomic E-state index is 0.216. The Kier molecular flexibility index (Phi) is 6.25. The Hall–Kier alpha value is -0.970. The number of allylic oxidation sites excluding steroid dienone is 4. The Bertz CT molecular complexity index is 322. The summed E-state index contributed by atoms with van der Waals surface area (Å²) >= 11 is 0. The molecule has 0 amide bonds. The van der Waals surface area contributed by atoms with Gasteiger partial charge in [0, 0.05) is 5.92 Å². The highest BCUT2D eigenvalue weighted by Gasteiger charge is 2.40. The normalized spacial score (nSPS) is 33.7. The Morgan fingerprint density at radius 2 is 2.06 bits per heavy atom. The molecule has 0 spiro atoms. The third-order valence-electron chi connectivity index (χ3n) is 3.31. The first-order valence-electron chi connectivity index (χ1n) is 6.45. The Balaban J connectivity index is 2.65. The molecule has 102 valence electrons. The maximum absolute atomic E-state index is 11.7. The first-order chi connectivity index (χ1) is 8.61. The molecule has 1 rings (SSSR count). The Labute approximate surface area is 108 Å². The maximum Gasteiger partial charge on any atom is 0.169 e. The summed E-state index contributed by atoms with van der Waals surface area (Å²) in [6, 6.07) is 0. The molecular formula is C14H22O4. The minimum atomic E-state index is -1.36. The van der Waals surface area contributed by atoms with E-state index in [1.165, 1.54) is 0 Å². The second-order valence-electron chi connectivity index (χ2n) is 4.70. The van der Waals surface area contributed by atoms with Crippen LogP contribution in [0.15, 0.2) is 24.3 Å². The molecule has 1 saturated carbocycles. The standard InChI is InChI=1S/C14H22O4/c1-2-3-4-5-6-7-10-8-12(16)14(18)13(17)11(10)9-15/h4-7,10-12,14-16,18H,2-3,8-9H2,1H3/b5-4+,7-6+/t10-,11-,12-,14+/m1/s1. The molecule has 0 aromatic carbocycles. The molecule has 4 nitrogen and oxygen atoms in total. The minimum Gasteiger partial charge on any atom is -0.396 e. The topological polar surface area (TPSA) is 77.8 Å². The van der Waals surface area contributed by atoms with Crippen molar-refractivity contribution in [2.75, 3.05) is 6.61 Å². The van der Waals surface area contributed by atoms with Gasteiger partial charge in [-0.05, 0) is 18.8 Å². The van der Waals surface area contributed by atoms with Crippen molar-refractivity contribution in [1.82, 2.24) is 0 Å². The second-order valence-corrected chi connectivity index (χ2v) is 4.70. The van der Waals surface area contributed by atoms with Crippen LogP contribution in [0.2, 0.25) is 0 Å². The largest absolute Gasteiger partial charge is 0.396 e. The van der Waals surface area contributed by atoms with Crippen LogP contribution < -0.4 is 0 Å². The molecule has 0 aromatic heterocycles. The highest BCUT2D eigenvalue weighted by Crippen LogP contribution is 2.28. The van der Waals surface area contributed by atoms with Gasteiger partial charge in [0.25, 0.3) is 0 Å². The molecule has 0 heterocycles. The average Bonchev–Trinajstić information content (AvgIpc) is 2.36. The highest BCUT2D eigenvalue weighted by molar-refractivity contribution is 5.87. The van der Waals surface area contributed by atoms with E-state index in [2.05, 4.69) is 6.92 Å². The summed E-state index contributed by atoms with van der Waals surface area (Å²) in [6.45, 7) is 1.80. The van der Waals surface area contributed by atoms with Crippen LogP contribution in [0.5, 0.6) is 0 Å². The van der Waals surface area contributed by atoms with Crippen molar-refractivity contribution in [1.29, 1.82) is 0 Å². The number of hydrogen-bond donors (Lipinski definition) is 3. The lowest BCUT2D eigenvalue weighted by Crippen LogP contribution is -2.48. The molecule has 0 aromatic rings. The lowest BCUT2D eigenvalue weighted by atomic mass is 9.75. The van der Waals surface area contributed by atoms with E-state index < -0.39 is 23.9 Å². The molecular weight excluding hydrogens is 232 g/mol. The molecule has 0 saturated heterocycles. The van der Waals surface area contributed by atoms with Gasteiger partial charge in [0.15, 0.2) is 5.78 Å². The molecule has 3 N–H and O–H groups in total. The van der Waals surface area contributed by atoms with Gasteiger partial charge in [-0.1, -0.05) is 37.6 Å². The van der Waals surface area contributed by atoms with E-state index in [-0.39, 0.29) is 12.5 Å². The summed E-state index contributed by atoms with van der Waals surface area (Å²) in [5, 5.41) is 28.2. The zero-order chi connectivity index (χ0) is 13.5. The van der Waals surface area contributed by atoms with E-state index in [9.17, 15) is 20.1 Å². The van der Waals surface area contributed by atoms with Gasteiger partial charge in [-0.25, -0.2) is 0 Å². The van der Waals surface area contributed by atoms with E-state index in [0.717, 1.165) is 12.8 Å². The smallest absolute Gasteiger partial charge is 0.169 e. The number of rotatable bonds is 5. The predicted octanol–water partition coefficient (Wildman–Crippen LogP) is 0.818. The van der Waals surface area contributed by atoms with Crippen LogP contribution in [0.25, 0.3) is 0 Å². The molecule has 1 aliphatic carbocycles. The fraction of sp³-hybridized carbons (Fsp3) is 0.643. The summed E-state index contributed by atoms with van der Waals surface area (Å²) < 4.78 is 0. The molecule has 18 heavy (non-hydrogen) atoms. The van der Waals surface area contributed by atoms with Gasteiger partial charge in [0.1, 0.15) is 6.10 Å². The van der Waals surface area contributed by atoms with E-state index in [1.807, 2.05) is 24.3 Å². The van der Waals surface area contributed by atoms with Gasteiger partial charge in [0.05, 0.1) is 12.7 Å². The van der Waals surface area contributed by atoms with Crippen LogP contribution in [-0.4, -0.2) is 39.9 Å². The van der Waals surface area contributed by atoms with E-state index in [0.29, 0.717) is 6.42 Å². The summed E-state index contributed by atoms with van der Waals surface area (Å²) in [4.78, 5) is 11.7. The Morgan fingerprint density at radius 3 is 2.67 bits per heavy atom. The van der Waals surface area contributed by atoms with Gasteiger partial charge >= 0.3 is 0 Å². The first kappa shape index (κ1) is 15.1. The molecule has 4 atom stereocenters. The summed E-state index contributed by atoms with van der Waals surface area (Å²) in [7, 11) is 0. The first-order valence-corrected chi connectivity index (χ1v) is 6.45. The number of hydrogen-bond acceptors (Lipinski definition) is 4. The zero-order valence-corrected chi connectivity index (χ0v) is 10.7. The number of Topliss-reactive ketones (excluding diaryl/α,β-unsaturated/α-hetero) is 1. The van der Waals surface area contributed by atoms with Crippen LogP contribution in [0.4, 0.5) is 0 Å². The summed E-state index contributed by atoms with van der Waals surface area (Å²) in [5.74, 6) is -1.30. The van der Waals surface area contributed by atoms with Crippen molar-refractivity contribution >= 4 is 5.78 Å². The number of unbranched alkanes of at least 4 members (excludes halogenated alkanes) is 1. The van der Waals surface area contributed by atoms with Crippen LogP contribution in [0.1, 0.15) is 26.2 Å². The molecule has 0 radical (unpaired) electrons. The quantitative estimate of drug-likeness (QED) is 0.635. The monoisotopic (exact) mass is 254 g/mol. The fourth-order valence-corrected chi connectivity index (χ4v) is 2.18. The third-order valence-corrected chi connectivity index (χ3v) is 3.31. The number of aliphatic hydroxyl groups is 3. The van der Waals surface area contributed by atoms with Crippen LogP contribution in [0.3, 0.4) is 0 Å². The Morgan fingerprint density at radius 1 is 1.33 bits per heavy atom. The van der Waals surface area contributed by atoms with Crippen molar-refractivity contribution < 1.29 is 20.1 Å². The van der Waals surface area contributed by atoms with E-state index >= 15 is 0 Å². The van der Waals surface area contributed by atoms with Crippen molar-refractivity contribution in [2.24, 2.45) is 11.8 Å². The lowest BCUT2D eigenvalue weighted by Gasteiger charge is -2.33. The molecule has 0 bridgehead atoms. The SMILES string of the molecule is CCC/C=C/C=C/[C@@H]1C[C@@H](O)[C@H](O)C(=O)[C@@H]1CO. The maximum atomic E-state index is 11.7. The lowest BCUT2D eigenvalue weighted by molar-refractivity contribution is -0.146. The van der Waals surface area contributed by atoms with Gasteiger partial charge in [0.2, 0.25) is 0 Å². The van der Waals surface area contributed by atoms with Crippen LogP contribution in [-0.2, 0) is 4.79 Å². The van der Waals surface area contributed by atoms with Gasteiger partial charge in [-0.15, -0.1) is 0 Å². The van der Waals surface area contributed by atoms with Gasteiger partial charge in [-0.2, -0.15) is 0 Å². The van der Waals surface area contributed by atoms with Gasteiger partial charge in [-0.3, -0.25) is 4.79 Å². The van der Waals surface area contributed by atoms with Crippen LogP contribution in [0, 0.1) is 11.8 Å². The van der Waals surface area contributed by atoms with E-state index in [1.54, 1.807) is 0 Å². The number of ketones is 1. The van der Waals surface area contributed by atoms with E-state index in [4.69, 9.17) is 0 Å². The van der Waals surface area contributed by atoms with Crippen LogP contribution >= 0.6 is 0 Å². The average molecular weight is 254 g/mol. The fourth-order valence-electron chi connectivity index (χ4n) is 2.18. The summed E-state index contributed by atoms with van der Waals surface area (Å²) in [5.41, 5.74) is 0. The molecule has 1 aliphatic rings. The number of aliphatic hydroxyl groups excluding tert-OH is 3. The van der Waals surface area contributed by atoms with Gasteiger partial charge < -0.3 is 15.3 Å². The van der Waals surface area contributed by atoms with Crippen molar-refractivity contribution in [3.05, 3.63) is 24.3 Å². The van der Waals surface area contributed by atoms with Crippen molar-refractivity contribution in [2.45, 2.75) is 38.4 Å². The number of carbonyl (C=O) groups is 1. The van der Waals surface area contributed by atoms with Crippen molar-refractivity contribution in [3.8, 4) is 0 Å². The van der Waals surface area contributed by atoms with Crippen molar-refractivity contribution in [3.63, 3.8) is 0 Å². The molecule has 0 aliphatic heterocycles. The predicted molar refractivity (Wildman–Crippen MR) is 68.9 cm³/mol. The highest BCUT2D eigenvalue weighted by atomic mass is 16.3.